The Morgan fingerprint density at radius 3 is 2.08 bits per heavy atom. The third-order valence-corrected chi connectivity index (χ3v) is 2.92. The van der Waals surface area contributed by atoms with E-state index in [9.17, 15) is 0 Å². The van der Waals surface area contributed by atoms with Gasteiger partial charge in [-0.2, -0.15) is 0 Å². The lowest BCUT2D eigenvalue weighted by Crippen LogP contribution is -2.19. The van der Waals surface area contributed by atoms with Crippen LogP contribution in [0.2, 0.25) is 0 Å². The highest BCUT2D eigenvalue weighted by molar-refractivity contribution is 4.63. The molecule has 13 heavy (non-hydrogen) atoms. The molecule has 0 aromatic heterocycles. The molecule has 0 heterocycles. The normalized spacial score (nSPS) is 13.6. The van der Waals surface area contributed by atoms with Gasteiger partial charge in [0.25, 0.3) is 0 Å². The van der Waals surface area contributed by atoms with E-state index >= 15 is 0 Å². The second-order valence-electron chi connectivity index (χ2n) is 4.44. The van der Waals surface area contributed by atoms with E-state index in [2.05, 4.69) is 20.8 Å². The fourth-order valence-electron chi connectivity index (χ4n) is 1.73. The highest BCUT2D eigenvalue weighted by atomic mass is 14.5. The lowest BCUT2D eigenvalue weighted by atomic mass is 9.90. The molecule has 0 aliphatic rings. The lowest BCUT2D eigenvalue weighted by molar-refractivity contribution is 0.354. The summed E-state index contributed by atoms with van der Waals surface area (Å²) in [6.45, 7) is 7.69. The van der Waals surface area contributed by atoms with E-state index in [-0.39, 0.29) is 0 Å². The zero-order valence-electron chi connectivity index (χ0n) is 9.68. The van der Waals surface area contributed by atoms with Gasteiger partial charge >= 0.3 is 0 Å². The molecule has 0 aromatic rings. The van der Waals surface area contributed by atoms with E-state index in [4.69, 9.17) is 5.73 Å². The zero-order valence-corrected chi connectivity index (χ0v) is 9.68. The van der Waals surface area contributed by atoms with Gasteiger partial charge in [0.2, 0.25) is 0 Å². The van der Waals surface area contributed by atoms with Crippen molar-refractivity contribution in [3.05, 3.63) is 0 Å². The van der Waals surface area contributed by atoms with E-state index in [1.165, 1.54) is 38.5 Å². The van der Waals surface area contributed by atoms with Crippen LogP contribution >= 0.6 is 0 Å². The van der Waals surface area contributed by atoms with E-state index in [1.807, 2.05) is 0 Å². The first kappa shape index (κ1) is 13.0. The Balaban J connectivity index is 3.28. The Kier molecular flexibility index (Phi) is 8.53. The Labute approximate surface area is 84.1 Å². The van der Waals surface area contributed by atoms with Gasteiger partial charge in [0.05, 0.1) is 0 Å². The molecule has 0 saturated heterocycles. The van der Waals surface area contributed by atoms with Crippen LogP contribution in [0.25, 0.3) is 0 Å². The summed E-state index contributed by atoms with van der Waals surface area (Å²) in [5.41, 5.74) is 5.71. The first-order chi connectivity index (χ1) is 6.22. The Hall–Kier alpha value is -0.0400. The van der Waals surface area contributed by atoms with E-state index in [1.54, 1.807) is 0 Å². The third-order valence-electron chi connectivity index (χ3n) is 2.92. The average molecular weight is 185 g/mol. The smallest absolute Gasteiger partial charge is 0.00464 e. The highest BCUT2D eigenvalue weighted by Crippen LogP contribution is 2.17. The van der Waals surface area contributed by atoms with E-state index in [0.717, 1.165) is 18.4 Å². The molecule has 1 atom stereocenters. The molecule has 1 nitrogen and oxygen atoms in total. The van der Waals surface area contributed by atoms with Gasteiger partial charge < -0.3 is 5.73 Å². The summed E-state index contributed by atoms with van der Waals surface area (Å²) < 4.78 is 0. The molecule has 0 aliphatic heterocycles. The molecule has 0 amide bonds. The van der Waals surface area contributed by atoms with Crippen LogP contribution in [0, 0.1) is 11.8 Å². The van der Waals surface area contributed by atoms with Gasteiger partial charge in [-0.25, -0.2) is 0 Å². The molecule has 1 heteroatoms. The number of hydrogen-bond acceptors (Lipinski definition) is 1. The van der Waals surface area contributed by atoms with Gasteiger partial charge in [0.15, 0.2) is 0 Å². The summed E-state index contributed by atoms with van der Waals surface area (Å²) in [6.07, 6.45) is 8.25. The van der Waals surface area contributed by atoms with E-state index < -0.39 is 0 Å². The van der Waals surface area contributed by atoms with Gasteiger partial charge in [-0.1, -0.05) is 52.9 Å². The van der Waals surface area contributed by atoms with Crippen LogP contribution in [0.15, 0.2) is 0 Å². The van der Waals surface area contributed by atoms with Crippen LogP contribution in [0.1, 0.15) is 59.3 Å². The summed E-state index contributed by atoms with van der Waals surface area (Å²) in [4.78, 5) is 0. The molecule has 0 bridgehead atoms. The van der Waals surface area contributed by atoms with Crippen LogP contribution in [-0.4, -0.2) is 6.54 Å². The summed E-state index contributed by atoms with van der Waals surface area (Å²) in [5, 5.41) is 0. The van der Waals surface area contributed by atoms with Crippen LogP contribution in [-0.2, 0) is 0 Å². The van der Waals surface area contributed by atoms with Crippen molar-refractivity contribution in [2.45, 2.75) is 59.3 Å². The molecule has 0 rings (SSSR count). The summed E-state index contributed by atoms with van der Waals surface area (Å²) in [6, 6.07) is 0. The van der Waals surface area contributed by atoms with Gasteiger partial charge in [-0.3, -0.25) is 0 Å². The first-order valence-electron chi connectivity index (χ1n) is 5.92. The van der Waals surface area contributed by atoms with Crippen molar-refractivity contribution in [3.8, 4) is 0 Å². The maximum absolute atomic E-state index is 5.71. The molecule has 2 N–H and O–H groups in total. The summed E-state index contributed by atoms with van der Waals surface area (Å²) in [7, 11) is 0. The fourth-order valence-corrected chi connectivity index (χ4v) is 1.73. The van der Waals surface area contributed by atoms with Crippen molar-refractivity contribution in [2.24, 2.45) is 17.6 Å². The van der Waals surface area contributed by atoms with Crippen LogP contribution < -0.4 is 5.73 Å². The monoisotopic (exact) mass is 185 g/mol. The van der Waals surface area contributed by atoms with E-state index in [0.29, 0.717) is 0 Å². The number of rotatable bonds is 8. The van der Waals surface area contributed by atoms with Crippen LogP contribution in [0.5, 0.6) is 0 Å². The van der Waals surface area contributed by atoms with Crippen molar-refractivity contribution >= 4 is 0 Å². The van der Waals surface area contributed by atoms with Gasteiger partial charge in [0, 0.05) is 0 Å². The Morgan fingerprint density at radius 2 is 1.62 bits per heavy atom. The van der Waals surface area contributed by atoms with Gasteiger partial charge in [0.1, 0.15) is 0 Å². The predicted molar refractivity (Wildman–Crippen MR) is 60.8 cm³/mol. The second kappa shape index (κ2) is 8.55. The molecule has 0 radical (unpaired) electrons. The highest BCUT2D eigenvalue weighted by Gasteiger charge is 2.09. The minimum atomic E-state index is 0.752. The summed E-state index contributed by atoms with van der Waals surface area (Å²) in [5.74, 6) is 1.51. The topological polar surface area (TPSA) is 26.0 Å². The average Bonchev–Trinajstić information content (AvgIpc) is 2.10. The number of nitrogens with two attached hydrogens (primary N) is 1. The van der Waals surface area contributed by atoms with Gasteiger partial charge in [-0.05, 0) is 24.8 Å². The fraction of sp³-hybridized carbons (Fsp3) is 1.00. The van der Waals surface area contributed by atoms with Crippen LogP contribution in [0.4, 0.5) is 0 Å². The first-order valence-corrected chi connectivity index (χ1v) is 5.92. The number of unbranched alkanes of at least 4 members (excludes halogenated alkanes) is 4. The predicted octanol–water partition coefficient (Wildman–Crippen LogP) is 3.58. The molecule has 0 aliphatic carbocycles. The molecular formula is C12H27N. The lowest BCUT2D eigenvalue weighted by Gasteiger charge is -2.18. The van der Waals surface area contributed by atoms with Crippen LogP contribution in [0.3, 0.4) is 0 Å². The van der Waals surface area contributed by atoms with Crippen molar-refractivity contribution < 1.29 is 0 Å². The SMILES string of the molecule is CCCCCCCC(CN)C(C)C. The van der Waals surface area contributed by atoms with Gasteiger partial charge in [-0.15, -0.1) is 0 Å². The molecule has 0 aromatic carbocycles. The molecule has 0 fully saturated rings. The largest absolute Gasteiger partial charge is 0.330 e. The Bertz CT molecular complexity index is 99.3. The molecule has 0 saturated carbocycles. The minimum absolute atomic E-state index is 0.752. The van der Waals surface area contributed by atoms with Crippen molar-refractivity contribution in [1.82, 2.24) is 0 Å². The molecule has 1 unspecified atom stereocenters. The molecule has 0 spiro atoms. The quantitative estimate of drug-likeness (QED) is 0.575. The maximum atomic E-state index is 5.71. The van der Waals surface area contributed by atoms with Crippen molar-refractivity contribution in [3.63, 3.8) is 0 Å². The third kappa shape index (κ3) is 7.06. The van der Waals surface area contributed by atoms with Crippen molar-refractivity contribution in [2.75, 3.05) is 6.54 Å². The molecular weight excluding hydrogens is 158 g/mol. The Morgan fingerprint density at radius 1 is 1.00 bits per heavy atom. The zero-order chi connectivity index (χ0) is 10.1. The maximum Gasteiger partial charge on any atom is -0.00464 e. The van der Waals surface area contributed by atoms with Crippen molar-refractivity contribution in [1.29, 1.82) is 0 Å². The minimum Gasteiger partial charge on any atom is -0.330 e. The molecule has 80 valence electrons. The summed E-state index contributed by atoms with van der Waals surface area (Å²) >= 11 is 0. The second-order valence-corrected chi connectivity index (χ2v) is 4.44. The standard InChI is InChI=1S/C12H27N/c1-4-5-6-7-8-9-12(10-13)11(2)3/h11-12H,4-10,13H2,1-3H3. The number of hydrogen-bond donors (Lipinski definition) is 1.